The van der Waals surface area contributed by atoms with Crippen molar-refractivity contribution in [2.45, 2.75) is 46.0 Å². The molecule has 0 amide bonds. The van der Waals surface area contributed by atoms with Gasteiger partial charge in [-0.1, -0.05) is 37.9 Å². The van der Waals surface area contributed by atoms with Gasteiger partial charge in [0.1, 0.15) is 17.2 Å². The van der Waals surface area contributed by atoms with E-state index in [1.54, 1.807) is 37.3 Å². The minimum Gasteiger partial charge on any atom is -0.507 e. The van der Waals surface area contributed by atoms with Crippen molar-refractivity contribution in [3.63, 3.8) is 0 Å². The van der Waals surface area contributed by atoms with Gasteiger partial charge in [0.25, 0.3) is 0 Å². The maximum atomic E-state index is 12.0. The largest absolute Gasteiger partial charge is 0.507 e. The zero-order valence-electron chi connectivity index (χ0n) is 18.2. The summed E-state index contributed by atoms with van der Waals surface area (Å²) in [4.78, 5) is 23.4. The molecule has 0 atom stereocenters. The summed E-state index contributed by atoms with van der Waals surface area (Å²) in [5.41, 5.74) is 1.75. The average Bonchev–Trinajstić information content (AvgIpc) is 2.76. The summed E-state index contributed by atoms with van der Waals surface area (Å²) in [6.07, 6.45) is 2.53. The predicted octanol–water partition coefficient (Wildman–Crippen LogP) is 5.15. The molecule has 6 nitrogen and oxygen atoms in total. The highest BCUT2D eigenvalue weighted by Gasteiger charge is 2.17. The first kappa shape index (κ1) is 24.5. The molecule has 0 aliphatic rings. The first-order chi connectivity index (χ1) is 14.9. The molecule has 0 heterocycles. The average molecular weight is 449 g/mol. The summed E-state index contributed by atoms with van der Waals surface area (Å²) in [5.74, 6) is 0.701. The summed E-state index contributed by atoms with van der Waals surface area (Å²) in [6, 6.07) is 8.53. The van der Waals surface area contributed by atoms with Gasteiger partial charge in [-0.25, -0.2) is 0 Å². The molecule has 2 aromatic rings. The lowest BCUT2D eigenvalue weighted by molar-refractivity contribution is -0.139. The number of rotatable bonds is 12. The third kappa shape index (κ3) is 6.89. The minimum atomic E-state index is -0.331. The molecule has 0 aliphatic heterocycles. The Balaban J connectivity index is 1.91. The number of aromatic hydroxyl groups is 1. The van der Waals surface area contributed by atoms with E-state index < -0.39 is 0 Å². The molecule has 0 spiro atoms. The lowest BCUT2D eigenvalue weighted by Crippen LogP contribution is -2.08. The van der Waals surface area contributed by atoms with Gasteiger partial charge in [0.2, 0.25) is 0 Å². The second-order valence-electron chi connectivity index (χ2n) is 7.03. The molecule has 7 heteroatoms. The van der Waals surface area contributed by atoms with E-state index in [0.717, 1.165) is 12.0 Å². The molecule has 0 aliphatic carbocycles. The number of ether oxygens (including phenoxy) is 3. The lowest BCUT2D eigenvalue weighted by atomic mass is 10.00. The van der Waals surface area contributed by atoms with Gasteiger partial charge in [-0.2, -0.15) is 0 Å². The number of carbonyl (C=O) groups excluding carboxylic acids is 2. The molecular formula is C24H29ClO6. The minimum absolute atomic E-state index is 0.0151. The number of Topliss-reactive ketones (excluding diaryl/α,β-unsaturated/α-hetero) is 1. The fraction of sp³-hybridized carbons (Fsp3) is 0.417. The number of hydrogen-bond donors (Lipinski definition) is 1. The van der Waals surface area contributed by atoms with Crippen LogP contribution in [0.4, 0.5) is 0 Å². The normalized spacial score (nSPS) is 10.6. The highest BCUT2D eigenvalue weighted by atomic mass is 35.5. The van der Waals surface area contributed by atoms with Crippen LogP contribution in [0.15, 0.2) is 30.3 Å². The maximum Gasteiger partial charge on any atom is 0.309 e. The van der Waals surface area contributed by atoms with E-state index in [1.807, 2.05) is 6.92 Å². The Bertz CT molecular complexity index is 909. The first-order valence-electron chi connectivity index (χ1n) is 10.4. The summed E-state index contributed by atoms with van der Waals surface area (Å²) < 4.78 is 16.2. The lowest BCUT2D eigenvalue weighted by Gasteiger charge is -2.15. The van der Waals surface area contributed by atoms with Gasteiger partial charge >= 0.3 is 5.97 Å². The Morgan fingerprint density at radius 1 is 1.03 bits per heavy atom. The zero-order chi connectivity index (χ0) is 22.8. The van der Waals surface area contributed by atoms with Crippen LogP contribution < -0.4 is 9.47 Å². The molecule has 0 saturated carbocycles. The van der Waals surface area contributed by atoms with Crippen molar-refractivity contribution in [2.24, 2.45) is 0 Å². The third-order valence-electron chi connectivity index (χ3n) is 4.74. The molecule has 2 rings (SSSR count). The van der Waals surface area contributed by atoms with Crippen LogP contribution in [0.3, 0.4) is 0 Å². The number of methoxy groups -OCH3 is 1. The molecule has 0 aromatic heterocycles. The number of carbonyl (C=O) groups is 2. The number of hydrogen-bond acceptors (Lipinski definition) is 6. The molecule has 0 saturated heterocycles. The van der Waals surface area contributed by atoms with Gasteiger partial charge in [0, 0.05) is 18.4 Å². The van der Waals surface area contributed by atoms with Crippen LogP contribution in [0.2, 0.25) is 5.02 Å². The van der Waals surface area contributed by atoms with Gasteiger partial charge in [0.15, 0.2) is 5.78 Å². The number of phenols is 1. The standard InChI is InChI=1S/C24H29ClO6/c1-4-7-18-21(11-9-17(24(18)28)20(26)5-2)30-12-6-13-31-22-10-8-16(14-19(22)25)15-23(27)29-3/h8-11,14,28H,4-7,12-13,15H2,1-3H3. The van der Waals surface area contributed by atoms with Crippen LogP contribution in [0.25, 0.3) is 0 Å². The van der Waals surface area contributed by atoms with Crippen LogP contribution >= 0.6 is 11.6 Å². The van der Waals surface area contributed by atoms with Crippen molar-refractivity contribution in [1.82, 2.24) is 0 Å². The molecule has 0 bridgehead atoms. The van der Waals surface area contributed by atoms with E-state index in [-0.39, 0.29) is 23.9 Å². The number of halogens is 1. The van der Waals surface area contributed by atoms with E-state index in [1.165, 1.54) is 7.11 Å². The fourth-order valence-electron chi connectivity index (χ4n) is 3.09. The van der Waals surface area contributed by atoms with E-state index >= 15 is 0 Å². The summed E-state index contributed by atoms with van der Waals surface area (Å²) in [6.45, 7) is 4.54. The van der Waals surface area contributed by atoms with Crippen LogP contribution in [-0.2, 0) is 22.4 Å². The van der Waals surface area contributed by atoms with Crippen molar-refractivity contribution in [3.05, 3.63) is 52.0 Å². The number of benzene rings is 2. The van der Waals surface area contributed by atoms with Gasteiger partial charge in [-0.05, 0) is 36.2 Å². The monoisotopic (exact) mass is 448 g/mol. The molecule has 2 aromatic carbocycles. The Morgan fingerprint density at radius 3 is 2.32 bits per heavy atom. The van der Waals surface area contributed by atoms with Crippen molar-refractivity contribution in [1.29, 1.82) is 0 Å². The molecular weight excluding hydrogens is 420 g/mol. The smallest absolute Gasteiger partial charge is 0.309 e. The maximum absolute atomic E-state index is 12.0. The molecule has 0 fully saturated rings. The molecule has 0 unspecified atom stereocenters. The molecule has 168 valence electrons. The second kappa shape index (κ2) is 12.2. The highest BCUT2D eigenvalue weighted by molar-refractivity contribution is 6.32. The molecule has 31 heavy (non-hydrogen) atoms. The van der Waals surface area contributed by atoms with Crippen LogP contribution in [0.5, 0.6) is 17.2 Å². The predicted molar refractivity (Wildman–Crippen MR) is 120 cm³/mol. The van der Waals surface area contributed by atoms with Crippen molar-refractivity contribution in [3.8, 4) is 17.2 Å². The highest BCUT2D eigenvalue weighted by Crippen LogP contribution is 2.33. The summed E-state index contributed by atoms with van der Waals surface area (Å²) >= 11 is 6.23. The second-order valence-corrected chi connectivity index (χ2v) is 7.44. The van der Waals surface area contributed by atoms with E-state index in [9.17, 15) is 14.7 Å². The Morgan fingerprint density at radius 2 is 1.71 bits per heavy atom. The van der Waals surface area contributed by atoms with E-state index in [2.05, 4.69) is 4.74 Å². The summed E-state index contributed by atoms with van der Waals surface area (Å²) in [5, 5.41) is 10.9. The van der Waals surface area contributed by atoms with Crippen molar-refractivity contribution < 1.29 is 28.9 Å². The Hall–Kier alpha value is -2.73. The molecule has 1 N–H and O–H groups in total. The number of esters is 1. The van der Waals surface area contributed by atoms with Gasteiger partial charge in [-0.15, -0.1) is 0 Å². The zero-order valence-corrected chi connectivity index (χ0v) is 19.0. The summed E-state index contributed by atoms with van der Waals surface area (Å²) in [7, 11) is 1.34. The first-order valence-corrected chi connectivity index (χ1v) is 10.8. The molecule has 0 radical (unpaired) electrons. The van der Waals surface area contributed by atoms with Crippen LogP contribution in [0, 0.1) is 0 Å². The van der Waals surface area contributed by atoms with Crippen molar-refractivity contribution in [2.75, 3.05) is 20.3 Å². The van der Waals surface area contributed by atoms with Gasteiger partial charge in [-0.3, -0.25) is 9.59 Å². The fourth-order valence-corrected chi connectivity index (χ4v) is 3.35. The van der Waals surface area contributed by atoms with E-state index in [0.29, 0.717) is 60.1 Å². The number of ketones is 1. The van der Waals surface area contributed by atoms with Crippen molar-refractivity contribution >= 4 is 23.4 Å². The van der Waals surface area contributed by atoms with Gasteiger partial charge in [0.05, 0.1) is 37.3 Å². The van der Waals surface area contributed by atoms with Gasteiger partial charge < -0.3 is 19.3 Å². The quantitative estimate of drug-likeness (QED) is 0.274. The van der Waals surface area contributed by atoms with E-state index in [4.69, 9.17) is 21.1 Å². The van der Waals surface area contributed by atoms with Crippen LogP contribution in [-0.4, -0.2) is 37.2 Å². The number of phenolic OH excluding ortho intramolecular Hbond substituents is 1. The Labute approximate surface area is 188 Å². The topological polar surface area (TPSA) is 82.1 Å². The SMILES string of the molecule is CCCc1c(OCCCOc2ccc(CC(=O)OC)cc2Cl)ccc(C(=O)CC)c1O. The van der Waals surface area contributed by atoms with Crippen LogP contribution in [0.1, 0.15) is 54.6 Å². The third-order valence-corrected chi connectivity index (χ3v) is 5.03. The Kier molecular flexibility index (Phi) is 9.66.